The van der Waals surface area contributed by atoms with Gasteiger partial charge in [-0.1, -0.05) is 0 Å². The lowest BCUT2D eigenvalue weighted by Crippen LogP contribution is -2.30. The van der Waals surface area contributed by atoms with Crippen LogP contribution in [0.1, 0.15) is 55.3 Å². The zero-order valence-corrected chi connectivity index (χ0v) is 15.3. The van der Waals surface area contributed by atoms with Crippen molar-refractivity contribution in [3.8, 4) is 0 Å². The second kappa shape index (κ2) is 8.64. The highest BCUT2D eigenvalue weighted by Gasteiger charge is 2.25. The van der Waals surface area contributed by atoms with Crippen molar-refractivity contribution >= 4 is 17.7 Å². The number of nitrogens with one attached hydrogen (secondary N) is 2. The number of primary amides is 1. The van der Waals surface area contributed by atoms with Gasteiger partial charge in [0.2, 0.25) is 5.95 Å². The number of hydrogen-bond acceptors (Lipinski definition) is 7. The molecule has 0 bridgehead atoms. The van der Waals surface area contributed by atoms with Crippen LogP contribution in [0.4, 0.5) is 11.8 Å². The first kappa shape index (κ1) is 18.8. The summed E-state index contributed by atoms with van der Waals surface area (Å²) in [6, 6.07) is 0.416. The first-order chi connectivity index (χ1) is 12.5. The summed E-state index contributed by atoms with van der Waals surface area (Å²) in [6.07, 6.45) is 7.76. The van der Waals surface area contributed by atoms with Gasteiger partial charge in [-0.2, -0.15) is 4.98 Å². The standard InChI is InChI=1S/C18H29N5O3/c1-26-10-11-2-4-12(5-3-11)21-17-15(16(19)25)9-20-18(23-17)22-13-6-7-14(24)8-13/h9,11-14,24H,2-8,10H2,1H3,(H2,19,25)(H2,20,21,22,23)/t11-,12+,13-,14+/m1/s1. The van der Waals surface area contributed by atoms with E-state index in [1.54, 1.807) is 7.11 Å². The minimum atomic E-state index is -0.539. The summed E-state index contributed by atoms with van der Waals surface area (Å²) in [4.78, 5) is 20.4. The van der Waals surface area contributed by atoms with E-state index in [0.29, 0.717) is 29.7 Å². The summed E-state index contributed by atoms with van der Waals surface area (Å²) in [5, 5.41) is 16.3. The van der Waals surface area contributed by atoms with Crippen molar-refractivity contribution in [1.29, 1.82) is 0 Å². The fourth-order valence-electron chi connectivity index (χ4n) is 3.92. The number of aliphatic hydroxyl groups is 1. The number of hydrogen-bond donors (Lipinski definition) is 4. The van der Waals surface area contributed by atoms with Crippen LogP contribution in [0, 0.1) is 5.92 Å². The van der Waals surface area contributed by atoms with Crippen LogP contribution in [0.3, 0.4) is 0 Å². The minimum absolute atomic E-state index is 0.154. The van der Waals surface area contributed by atoms with E-state index in [0.717, 1.165) is 45.1 Å². The molecular formula is C18H29N5O3. The number of nitrogens with zero attached hydrogens (tertiary/aromatic N) is 2. The number of rotatable bonds is 7. The highest BCUT2D eigenvalue weighted by molar-refractivity contribution is 5.97. The number of carbonyl (C=O) groups is 1. The van der Waals surface area contributed by atoms with Crippen LogP contribution in [-0.2, 0) is 4.74 Å². The number of carbonyl (C=O) groups excluding carboxylic acids is 1. The van der Waals surface area contributed by atoms with Gasteiger partial charge in [0.05, 0.1) is 11.7 Å². The molecule has 3 rings (SSSR count). The average molecular weight is 363 g/mol. The zero-order valence-electron chi connectivity index (χ0n) is 15.3. The molecule has 8 heteroatoms. The van der Waals surface area contributed by atoms with E-state index >= 15 is 0 Å². The van der Waals surface area contributed by atoms with Crippen molar-refractivity contribution in [3.63, 3.8) is 0 Å². The number of aromatic nitrogens is 2. The van der Waals surface area contributed by atoms with Gasteiger partial charge in [-0.05, 0) is 50.9 Å². The topological polar surface area (TPSA) is 122 Å². The molecule has 2 saturated carbocycles. The van der Waals surface area contributed by atoms with E-state index in [1.165, 1.54) is 6.20 Å². The van der Waals surface area contributed by atoms with E-state index in [-0.39, 0.29) is 18.2 Å². The van der Waals surface area contributed by atoms with Crippen molar-refractivity contribution < 1.29 is 14.6 Å². The fourth-order valence-corrected chi connectivity index (χ4v) is 3.92. The monoisotopic (exact) mass is 363 g/mol. The Labute approximate surface area is 153 Å². The minimum Gasteiger partial charge on any atom is -0.393 e. The van der Waals surface area contributed by atoms with E-state index in [4.69, 9.17) is 10.5 Å². The van der Waals surface area contributed by atoms with Crippen LogP contribution in [0.2, 0.25) is 0 Å². The zero-order chi connectivity index (χ0) is 18.5. The molecule has 1 amide bonds. The molecule has 2 aliphatic rings. The number of methoxy groups -OCH3 is 1. The maximum Gasteiger partial charge on any atom is 0.254 e. The number of nitrogens with two attached hydrogens (primary N) is 1. The number of aliphatic hydroxyl groups excluding tert-OH is 1. The quantitative estimate of drug-likeness (QED) is 0.579. The Morgan fingerprint density at radius 1 is 1.23 bits per heavy atom. The van der Waals surface area contributed by atoms with Gasteiger partial charge in [-0.3, -0.25) is 4.79 Å². The van der Waals surface area contributed by atoms with Gasteiger partial charge in [0.25, 0.3) is 5.91 Å². The SMILES string of the molecule is COC[C@H]1CC[C@@H](Nc2nc(N[C@@H]3CC[C@H](O)C3)ncc2C(N)=O)CC1. The molecule has 2 atom stereocenters. The van der Waals surface area contributed by atoms with Crippen LogP contribution in [0.5, 0.6) is 0 Å². The maximum atomic E-state index is 11.7. The Morgan fingerprint density at radius 2 is 1.96 bits per heavy atom. The van der Waals surface area contributed by atoms with E-state index in [2.05, 4.69) is 20.6 Å². The molecule has 144 valence electrons. The van der Waals surface area contributed by atoms with Gasteiger partial charge in [-0.15, -0.1) is 0 Å². The lowest BCUT2D eigenvalue weighted by atomic mass is 9.86. The Kier molecular flexibility index (Phi) is 6.26. The van der Waals surface area contributed by atoms with Gasteiger partial charge in [-0.25, -0.2) is 4.98 Å². The molecule has 0 aliphatic heterocycles. The lowest BCUT2D eigenvalue weighted by molar-refractivity contribution is 0.100. The average Bonchev–Trinajstić information content (AvgIpc) is 3.02. The number of anilines is 2. The molecule has 0 saturated heterocycles. The molecule has 1 aromatic heterocycles. The van der Waals surface area contributed by atoms with Crippen LogP contribution in [-0.4, -0.2) is 52.9 Å². The molecule has 1 heterocycles. The first-order valence-corrected chi connectivity index (χ1v) is 9.42. The Morgan fingerprint density at radius 3 is 2.58 bits per heavy atom. The predicted molar refractivity (Wildman–Crippen MR) is 99.1 cm³/mol. The van der Waals surface area contributed by atoms with Gasteiger partial charge in [0, 0.05) is 32.0 Å². The van der Waals surface area contributed by atoms with Gasteiger partial charge in [0.1, 0.15) is 5.82 Å². The molecule has 0 aromatic carbocycles. The molecule has 2 fully saturated rings. The van der Waals surface area contributed by atoms with Crippen molar-refractivity contribution in [3.05, 3.63) is 11.8 Å². The summed E-state index contributed by atoms with van der Waals surface area (Å²) in [7, 11) is 1.74. The first-order valence-electron chi connectivity index (χ1n) is 9.42. The Bertz CT molecular complexity index is 619. The molecule has 5 N–H and O–H groups in total. The summed E-state index contributed by atoms with van der Waals surface area (Å²) < 4.78 is 5.24. The summed E-state index contributed by atoms with van der Waals surface area (Å²) in [5.41, 5.74) is 5.79. The summed E-state index contributed by atoms with van der Waals surface area (Å²) >= 11 is 0. The largest absolute Gasteiger partial charge is 0.393 e. The third-order valence-electron chi connectivity index (χ3n) is 5.38. The highest BCUT2D eigenvalue weighted by Crippen LogP contribution is 2.28. The third kappa shape index (κ3) is 4.82. The molecule has 1 aromatic rings. The normalized spacial score (nSPS) is 28.7. The van der Waals surface area contributed by atoms with Crippen molar-refractivity contribution in [2.45, 2.75) is 63.1 Å². The van der Waals surface area contributed by atoms with E-state index < -0.39 is 5.91 Å². The molecule has 26 heavy (non-hydrogen) atoms. The van der Waals surface area contributed by atoms with Crippen molar-refractivity contribution in [2.24, 2.45) is 11.7 Å². The second-order valence-corrected chi connectivity index (χ2v) is 7.45. The summed E-state index contributed by atoms with van der Waals surface area (Å²) in [6.45, 7) is 0.800. The number of amides is 1. The Balaban J connectivity index is 1.66. The number of ether oxygens (including phenoxy) is 1. The van der Waals surface area contributed by atoms with Crippen LogP contribution in [0.25, 0.3) is 0 Å². The molecule has 0 radical (unpaired) electrons. The van der Waals surface area contributed by atoms with E-state index in [1.807, 2.05) is 0 Å². The smallest absolute Gasteiger partial charge is 0.254 e. The second-order valence-electron chi connectivity index (χ2n) is 7.45. The van der Waals surface area contributed by atoms with Gasteiger partial charge >= 0.3 is 0 Å². The molecule has 8 nitrogen and oxygen atoms in total. The van der Waals surface area contributed by atoms with E-state index in [9.17, 15) is 9.90 Å². The predicted octanol–water partition coefficient (Wildman–Crippen LogP) is 1.52. The fraction of sp³-hybridized carbons (Fsp3) is 0.722. The molecule has 2 aliphatic carbocycles. The Hall–Kier alpha value is -1.93. The maximum absolute atomic E-state index is 11.7. The van der Waals surface area contributed by atoms with Crippen LogP contribution >= 0.6 is 0 Å². The van der Waals surface area contributed by atoms with Crippen LogP contribution in [0.15, 0.2) is 6.20 Å². The summed E-state index contributed by atoms with van der Waals surface area (Å²) in [5.74, 6) is 1.02. The molecular weight excluding hydrogens is 334 g/mol. The van der Waals surface area contributed by atoms with Crippen molar-refractivity contribution in [2.75, 3.05) is 24.4 Å². The molecule has 0 spiro atoms. The highest BCUT2D eigenvalue weighted by atomic mass is 16.5. The van der Waals surface area contributed by atoms with Gasteiger partial charge < -0.3 is 26.2 Å². The lowest BCUT2D eigenvalue weighted by Gasteiger charge is -2.29. The van der Waals surface area contributed by atoms with Crippen LogP contribution < -0.4 is 16.4 Å². The van der Waals surface area contributed by atoms with Crippen molar-refractivity contribution in [1.82, 2.24) is 9.97 Å². The third-order valence-corrected chi connectivity index (χ3v) is 5.38. The molecule has 0 unspecified atom stereocenters. The van der Waals surface area contributed by atoms with Gasteiger partial charge in [0.15, 0.2) is 0 Å².